The van der Waals surface area contributed by atoms with Gasteiger partial charge in [-0.25, -0.2) is 3.97 Å². The van der Waals surface area contributed by atoms with Gasteiger partial charge in [-0.05, 0) is 72.8 Å². The second-order valence-electron chi connectivity index (χ2n) is 13.2. The second kappa shape index (κ2) is 15.2. The van der Waals surface area contributed by atoms with Gasteiger partial charge in [0.2, 0.25) is 0 Å². The Balaban J connectivity index is 1.58. The number of hydrogen-bond donors (Lipinski definition) is 0. The van der Waals surface area contributed by atoms with Crippen molar-refractivity contribution in [2.24, 2.45) is 0 Å². The molecule has 0 amide bonds. The molecule has 8 rings (SSSR count). The van der Waals surface area contributed by atoms with Crippen molar-refractivity contribution >= 4 is 64.6 Å². The molecular weight excluding hydrogens is 770 g/mol. The monoisotopic (exact) mass is 806 g/mol. The second-order valence-corrected chi connectivity index (χ2v) is 24.7. The van der Waals surface area contributed by atoms with Gasteiger partial charge < -0.3 is 0 Å². The van der Waals surface area contributed by atoms with Crippen molar-refractivity contribution < 1.29 is 25.6 Å². The summed E-state index contributed by atoms with van der Waals surface area (Å²) in [6, 6.07) is 67.0. The van der Waals surface area contributed by atoms with Crippen molar-refractivity contribution in [2.75, 3.05) is 0 Å². The van der Waals surface area contributed by atoms with Crippen LogP contribution in [0, 0.1) is 0 Å². The van der Waals surface area contributed by atoms with E-state index < -0.39 is 49.1 Å². The minimum absolute atomic E-state index is 0.799. The average Bonchev–Trinajstić information content (AvgIpc) is 3.54. The molecule has 0 saturated carbocycles. The summed E-state index contributed by atoms with van der Waals surface area (Å²) < 4.78 is 78.5. The SMILES string of the molecule is O=S(=O)(OP1C([P+](c2ccccc2)(c2ccccc2)c2ccccc2)c2ccccc2C1[P+](c1ccccc1)(c1ccccc1)c1ccccc1)C(F)(F)F. The van der Waals surface area contributed by atoms with E-state index in [1.807, 2.05) is 206 Å². The zero-order valence-corrected chi connectivity index (χ0v) is 32.9. The van der Waals surface area contributed by atoms with Crippen LogP contribution in [0.1, 0.15) is 21.9 Å². The smallest absolute Gasteiger partial charge is 0.232 e. The molecule has 1 aliphatic heterocycles. The zero-order chi connectivity index (χ0) is 38.1. The van der Waals surface area contributed by atoms with E-state index in [-0.39, 0.29) is 0 Å². The van der Waals surface area contributed by atoms with E-state index in [0.29, 0.717) is 0 Å². The molecule has 2 unspecified atom stereocenters. The molecule has 0 N–H and O–H groups in total. The average molecular weight is 807 g/mol. The molecule has 0 radical (unpaired) electrons. The first kappa shape index (κ1) is 37.5. The molecule has 0 saturated heterocycles. The van der Waals surface area contributed by atoms with E-state index in [1.165, 1.54) is 0 Å². The molecular formula is C45H36F3O3P3S+2. The minimum Gasteiger partial charge on any atom is -0.232 e. The fourth-order valence-corrected chi connectivity index (χ4v) is 26.9. The van der Waals surface area contributed by atoms with Crippen LogP contribution in [-0.2, 0) is 14.1 Å². The molecule has 0 spiro atoms. The van der Waals surface area contributed by atoms with Gasteiger partial charge in [0, 0.05) is 11.1 Å². The summed E-state index contributed by atoms with van der Waals surface area (Å²) in [5.41, 5.74) is -4.05. The van der Waals surface area contributed by atoms with Gasteiger partial charge in [0.1, 0.15) is 54.5 Å². The Morgan fingerprint density at radius 2 is 0.618 bits per heavy atom. The lowest BCUT2D eigenvalue weighted by atomic mass is 10.1. The summed E-state index contributed by atoms with van der Waals surface area (Å²) in [4.78, 5) is 0. The van der Waals surface area contributed by atoms with Gasteiger partial charge in [-0.3, -0.25) is 0 Å². The molecule has 0 bridgehead atoms. The number of alkyl halides is 3. The topological polar surface area (TPSA) is 43.4 Å². The van der Waals surface area contributed by atoms with Crippen LogP contribution >= 0.6 is 22.7 Å². The molecule has 0 aliphatic carbocycles. The lowest BCUT2D eigenvalue weighted by Gasteiger charge is -2.39. The van der Waals surface area contributed by atoms with Gasteiger partial charge in [-0.1, -0.05) is 133 Å². The Hall–Kier alpha value is -4.47. The lowest BCUT2D eigenvalue weighted by molar-refractivity contribution is -0.0497. The van der Waals surface area contributed by atoms with Crippen LogP contribution in [0.5, 0.6) is 0 Å². The van der Waals surface area contributed by atoms with Crippen molar-refractivity contribution in [2.45, 2.75) is 16.3 Å². The molecule has 7 aromatic carbocycles. The number of benzene rings is 7. The summed E-state index contributed by atoms with van der Waals surface area (Å²) in [5.74, 6) is 0. The van der Waals surface area contributed by atoms with Crippen LogP contribution in [0.25, 0.3) is 0 Å². The van der Waals surface area contributed by atoms with Crippen molar-refractivity contribution in [3.63, 3.8) is 0 Å². The van der Waals surface area contributed by atoms with E-state index in [2.05, 4.69) is 0 Å². The number of fused-ring (bicyclic) bond motifs is 1. The van der Waals surface area contributed by atoms with Crippen molar-refractivity contribution in [1.29, 1.82) is 0 Å². The highest BCUT2D eigenvalue weighted by molar-refractivity contribution is 8.07. The Morgan fingerprint density at radius 3 is 0.836 bits per heavy atom. The van der Waals surface area contributed by atoms with Gasteiger partial charge in [0.05, 0.1) is 0 Å². The van der Waals surface area contributed by atoms with E-state index >= 15 is 0 Å². The minimum atomic E-state index is -6.11. The Bertz CT molecular complexity index is 2130. The van der Waals surface area contributed by atoms with Crippen LogP contribution in [-0.4, -0.2) is 13.9 Å². The van der Waals surface area contributed by atoms with Crippen LogP contribution in [0.2, 0.25) is 0 Å². The Labute approximate surface area is 322 Å². The molecule has 55 heavy (non-hydrogen) atoms. The predicted molar refractivity (Wildman–Crippen MR) is 225 cm³/mol. The lowest BCUT2D eigenvalue weighted by Crippen LogP contribution is -2.36. The fraction of sp³-hybridized carbons (Fsp3) is 0.0667. The first-order chi connectivity index (χ1) is 26.7. The molecule has 1 aliphatic rings. The summed E-state index contributed by atoms with van der Waals surface area (Å²) >= 11 is 0. The van der Waals surface area contributed by atoms with E-state index in [4.69, 9.17) is 3.97 Å². The van der Waals surface area contributed by atoms with Gasteiger partial charge in [-0.15, -0.1) is 0 Å². The third-order valence-corrected chi connectivity index (χ3v) is 25.9. The van der Waals surface area contributed by atoms with Crippen molar-refractivity contribution in [1.82, 2.24) is 0 Å². The highest BCUT2D eigenvalue weighted by Crippen LogP contribution is 2.93. The normalized spacial score (nSPS) is 17.4. The third kappa shape index (κ3) is 6.37. The molecule has 7 aromatic rings. The fourth-order valence-electron chi connectivity index (χ4n) is 8.11. The Kier molecular flexibility index (Phi) is 10.4. The first-order valence-electron chi connectivity index (χ1n) is 17.7. The van der Waals surface area contributed by atoms with Crippen LogP contribution in [0.15, 0.2) is 206 Å². The van der Waals surface area contributed by atoms with Crippen LogP contribution < -0.4 is 31.8 Å². The third-order valence-electron chi connectivity index (χ3n) is 10.2. The number of hydrogen-bond acceptors (Lipinski definition) is 3. The van der Waals surface area contributed by atoms with Gasteiger partial charge in [0.25, 0.3) is 0 Å². The van der Waals surface area contributed by atoms with Crippen LogP contribution in [0.3, 0.4) is 0 Å². The number of halogens is 3. The first-order valence-corrected chi connectivity index (χ1v) is 24.2. The summed E-state index contributed by atoms with van der Waals surface area (Å²) in [5, 5.41) is 3.88. The number of rotatable bonds is 10. The molecule has 1 heterocycles. The maximum atomic E-state index is 14.9. The molecule has 2 atom stereocenters. The quantitative estimate of drug-likeness (QED) is 0.102. The summed E-state index contributed by atoms with van der Waals surface area (Å²) in [6.45, 7) is 0. The maximum Gasteiger partial charge on any atom is 0.523 e. The maximum absolute atomic E-state index is 14.9. The van der Waals surface area contributed by atoms with Crippen LogP contribution in [0.4, 0.5) is 13.2 Å². The molecule has 3 nitrogen and oxygen atoms in total. The van der Waals surface area contributed by atoms with Crippen molar-refractivity contribution in [3.05, 3.63) is 217 Å². The van der Waals surface area contributed by atoms with Gasteiger partial charge in [0.15, 0.2) is 10.8 Å². The van der Waals surface area contributed by atoms with E-state index in [9.17, 15) is 21.6 Å². The summed E-state index contributed by atoms with van der Waals surface area (Å²) in [6.07, 6.45) is 0. The highest BCUT2D eigenvalue weighted by Gasteiger charge is 2.71. The van der Waals surface area contributed by atoms with Crippen molar-refractivity contribution in [3.8, 4) is 0 Å². The van der Waals surface area contributed by atoms with E-state index in [0.717, 1.165) is 43.0 Å². The predicted octanol–water partition coefficient (Wildman–Crippen LogP) is 9.95. The molecule has 274 valence electrons. The standard InChI is InChI=1S/C45H36F3O3P3S/c46-45(47,48)55(49,50)51-52-43(53(35-21-7-1-8-22-35,36-23-9-2-10-24-36)37-25-11-3-12-26-37)41-33-19-20-34-42(41)44(52)54(38-27-13-4-14-28-38,39-29-15-5-16-30-39)40-31-17-6-18-32-40/h1-34,43-44H/q+2. The highest BCUT2D eigenvalue weighted by atomic mass is 32.2. The zero-order valence-electron chi connectivity index (χ0n) is 29.4. The van der Waals surface area contributed by atoms with Gasteiger partial charge in [-0.2, -0.15) is 21.6 Å². The Morgan fingerprint density at radius 1 is 0.400 bits per heavy atom. The molecule has 10 heteroatoms. The summed E-state index contributed by atoms with van der Waals surface area (Å²) in [7, 11) is -14.9. The molecule has 0 aromatic heterocycles. The largest absolute Gasteiger partial charge is 0.523 e. The van der Waals surface area contributed by atoms with Gasteiger partial charge >= 0.3 is 15.6 Å². The van der Waals surface area contributed by atoms with E-state index in [1.54, 1.807) is 0 Å². The molecule has 0 fully saturated rings.